The number of rotatable bonds is 2. The molecule has 0 bridgehead atoms. The van der Waals surface area contributed by atoms with Crippen molar-refractivity contribution < 1.29 is 5.11 Å². The highest BCUT2D eigenvalue weighted by atomic mass is 79.9. The summed E-state index contributed by atoms with van der Waals surface area (Å²) in [6.45, 7) is 12.7. The van der Waals surface area contributed by atoms with Crippen LogP contribution in [0.2, 0.25) is 0 Å². The van der Waals surface area contributed by atoms with Gasteiger partial charge in [0.1, 0.15) is 5.75 Å². The zero-order valence-corrected chi connectivity index (χ0v) is 14.4. The summed E-state index contributed by atoms with van der Waals surface area (Å²) in [6, 6.07) is 4.21. The first-order chi connectivity index (χ1) is 9.32. The van der Waals surface area contributed by atoms with Gasteiger partial charge in [0.2, 0.25) is 0 Å². The van der Waals surface area contributed by atoms with Crippen molar-refractivity contribution in [3.8, 4) is 5.75 Å². The Kier molecular flexibility index (Phi) is 4.77. The molecule has 0 unspecified atom stereocenters. The molecule has 2 rings (SSSR count). The molecule has 1 aromatic rings. The molecule has 2 N–H and O–H groups in total. The summed E-state index contributed by atoms with van der Waals surface area (Å²) in [7, 11) is 0. The molecular formula is C16H25BrN2O. The Bertz CT molecular complexity index is 476. The van der Waals surface area contributed by atoms with Gasteiger partial charge < -0.3 is 10.4 Å². The number of nitrogens with one attached hydrogen (secondary N) is 1. The Morgan fingerprint density at radius 1 is 1.25 bits per heavy atom. The Balaban J connectivity index is 2.49. The van der Waals surface area contributed by atoms with E-state index < -0.39 is 0 Å². The maximum atomic E-state index is 10.6. The molecule has 0 aliphatic carbocycles. The number of piperazine rings is 1. The average Bonchev–Trinajstić information content (AvgIpc) is 2.39. The quantitative estimate of drug-likeness (QED) is 0.865. The highest BCUT2D eigenvalue weighted by Crippen LogP contribution is 2.45. The summed E-state index contributed by atoms with van der Waals surface area (Å²) in [5.74, 6) is 0.429. The number of phenols is 1. The second kappa shape index (κ2) is 6.04. The van der Waals surface area contributed by atoms with E-state index in [4.69, 9.17) is 0 Å². The van der Waals surface area contributed by atoms with Crippen molar-refractivity contribution in [3.63, 3.8) is 0 Å². The van der Waals surface area contributed by atoms with Gasteiger partial charge in [0.25, 0.3) is 0 Å². The Hall–Kier alpha value is -0.580. The minimum Gasteiger partial charge on any atom is -0.507 e. The smallest absolute Gasteiger partial charge is 0.124 e. The summed E-state index contributed by atoms with van der Waals surface area (Å²) >= 11 is 3.64. The first kappa shape index (κ1) is 15.8. The van der Waals surface area contributed by atoms with Crippen LogP contribution in [0.1, 0.15) is 37.9 Å². The van der Waals surface area contributed by atoms with E-state index in [0.717, 1.165) is 41.8 Å². The van der Waals surface area contributed by atoms with Crippen molar-refractivity contribution in [1.29, 1.82) is 0 Å². The number of nitrogens with zero attached hydrogens (tertiary/aromatic N) is 1. The van der Waals surface area contributed by atoms with Crippen LogP contribution in [0.15, 0.2) is 16.6 Å². The molecule has 1 aromatic carbocycles. The van der Waals surface area contributed by atoms with Gasteiger partial charge in [-0.1, -0.05) is 42.8 Å². The first-order valence-electron chi connectivity index (χ1n) is 7.25. The summed E-state index contributed by atoms with van der Waals surface area (Å²) in [5, 5.41) is 14.0. The minimum absolute atomic E-state index is 0.0606. The van der Waals surface area contributed by atoms with Gasteiger partial charge in [-0.15, -0.1) is 0 Å². The van der Waals surface area contributed by atoms with E-state index in [1.54, 1.807) is 0 Å². The van der Waals surface area contributed by atoms with Crippen LogP contribution in [0.25, 0.3) is 0 Å². The third-order valence-electron chi connectivity index (χ3n) is 3.98. The summed E-state index contributed by atoms with van der Waals surface area (Å²) in [6.07, 6.45) is 0. The summed E-state index contributed by atoms with van der Waals surface area (Å²) < 4.78 is 0.999. The standard InChI is InChI=1S/C16H25BrN2O/c1-11-5-6-12(17)13(14(11)20)15(16(2,3)4)19-9-7-18-8-10-19/h5-6,15,18,20H,7-10H2,1-4H3/t15-/m0/s1. The monoisotopic (exact) mass is 340 g/mol. The van der Waals surface area contributed by atoms with Gasteiger partial charge in [0.05, 0.1) is 0 Å². The first-order valence-corrected chi connectivity index (χ1v) is 8.04. The van der Waals surface area contributed by atoms with Gasteiger partial charge in [-0.2, -0.15) is 0 Å². The van der Waals surface area contributed by atoms with Crippen molar-refractivity contribution in [1.82, 2.24) is 10.2 Å². The van der Waals surface area contributed by atoms with E-state index >= 15 is 0 Å². The van der Waals surface area contributed by atoms with Gasteiger partial charge in [0.15, 0.2) is 0 Å². The minimum atomic E-state index is 0.0606. The van der Waals surface area contributed by atoms with Crippen molar-refractivity contribution in [2.45, 2.75) is 33.7 Å². The van der Waals surface area contributed by atoms with Crippen LogP contribution in [0.3, 0.4) is 0 Å². The molecule has 0 saturated carbocycles. The van der Waals surface area contributed by atoms with Crippen molar-refractivity contribution >= 4 is 15.9 Å². The van der Waals surface area contributed by atoms with E-state index in [0.29, 0.717) is 5.75 Å². The van der Waals surface area contributed by atoms with Gasteiger partial charge in [-0.25, -0.2) is 0 Å². The zero-order valence-electron chi connectivity index (χ0n) is 12.8. The lowest BCUT2D eigenvalue weighted by molar-refractivity contribution is 0.0836. The van der Waals surface area contributed by atoms with Crippen LogP contribution < -0.4 is 5.32 Å². The highest BCUT2D eigenvalue weighted by Gasteiger charge is 2.35. The lowest BCUT2D eigenvalue weighted by atomic mass is 9.80. The lowest BCUT2D eigenvalue weighted by Gasteiger charge is -2.43. The summed E-state index contributed by atoms with van der Waals surface area (Å²) in [4.78, 5) is 2.48. The number of hydrogen-bond donors (Lipinski definition) is 2. The molecule has 1 aliphatic rings. The predicted molar refractivity (Wildman–Crippen MR) is 87.2 cm³/mol. The third-order valence-corrected chi connectivity index (χ3v) is 4.67. The van der Waals surface area contributed by atoms with Gasteiger partial charge in [-0.05, 0) is 24.0 Å². The van der Waals surface area contributed by atoms with Crippen LogP contribution in [-0.4, -0.2) is 36.2 Å². The number of phenolic OH excluding ortho intramolecular Hbond substituents is 1. The Morgan fingerprint density at radius 3 is 2.40 bits per heavy atom. The number of aryl methyl sites for hydroxylation is 1. The summed E-state index contributed by atoms with van der Waals surface area (Å²) in [5.41, 5.74) is 2.03. The predicted octanol–water partition coefficient (Wildman–Crippen LogP) is 3.46. The maximum Gasteiger partial charge on any atom is 0.124 e. The van der Waals surface area contributed by atoms with E-state index in [-0.39, 0.29) is 11.5 Å². The number of halogens is 1. The van der Waals surface area contributed by atoms with E-state index in [9.17, 15) is 5.11 Å². The van der Waals surface area contributed by atoms with Gasteiger partial charge in [0, 0.05) is 42.3 Å². The fraction of sp³-hybridized carbons (Fsp3) is 0.625. The molecule has 0 spiro atoms. The van der Waals surface area contributed by atoms with Crippen molar-refractivity contribution in [2.24, 2.45) is 5.41 Å². The zero-order chi connectivity index (χ0) is 14.9. The van der Waals surface area contributed by atoms with Crippen LogP contribution in [0, 0.1) is 12.3 Å². The molecular weight excluding hydrogens is 316 g/mol. The molecule has 1 aliphatic heterocycles. The lowest BCUT2D eigenvalue weighted by Crippen LogP contribution is -2.48. The molecule has 3 nitrogen and oxygen atoms in total. The topological polar surface area (TPSA) is 35.5 Å². The molecule has 112 valence electrons. The normalized spacial score (nSPS) is 19.1. The van der Waals surface area contributed by atoms with E-state index in [1.807, 2.05) is 19.1 Å². The van der Waals surface area contributed by atoms with Crippen LogP contribution in [0.4, 0.5) is 0 Å². The average molecular weight is 341 g/mol. The molecule has 1 atom stereocenters. The molecule has 1 fully saturated rings. The van der Waals surface area contributed by atoms with E-state index in [2.05, 4.69) is 46.9 Å². The third kappa shape index (κ3) is 3.18. The highest BCUT2D eigenvalue weighted by molar-refractivity contribution is 9.10. The number of aromatic hydroxyl groups is 1. The maximum absolute atomic E-state index is 10.6. The van der Waals surface area contributed by atoms with Gasteiger partial charge >= 0.3 is 0 Å². The fourth-order valence-electron chi connectivity index (χ4n) is 3.06. The van der Waals surface area contributed by atoms with Crippen molar-refractivity contribution in [2.75, 3.05) is 26.2 Å². The molecule has 1 heterocycles. The largest absolute Gasteiger partial charge is 0.507 e. The molecule has 4 heteroatoms. The molecule has 1 saturated heterocycles. The number of hydrogen-bond acceptors (Lipinski definition) is 3. The van der Waals surface area contributed by atoms with Gasteiger partial charge in [-0.3, -0.25) is 4.90 Å². The Labute approximate surface area is 130 Å². The number of benzene rings is 1. The SMILES string of the molecule is Cc1ccc(Br)c([C@H](N2CCNCC2)C(C)(C)C)c1O. The second-order valence-electron chi connectivity index (χ2n) is 6.68. The van der Waals surface area contributed by atoms with E-state index in [1.165, 1.54) is 0 Å². The van der Waals surface area contributed by atoms with Crippen LogP contribution >= 0.6 is 15.9 Å². The second-order valence-corrected chi connectivity index (χ2v) is 7.54. The molecule has 0 amide bonds. The molecule has 0 radical (unpaired) electrons. The molecule has 20 heavy (non-hydrogen) atoms. The fourth-order valence-corrected chi connectivity index (χ4v) is 3.59. The van der Waals surface area contributed by atoms with Crippen LogP contribution in [-0.2, 0) is 0 Å². The Morgan fingerprint density at radius 2 is 1.85 bits per heavy atom. The van der Waals surface area contributed by atoms with Crippen LogP contribution in [0.5, 0.6) is 5.75 Å². The molecule has 0 aromatic heterocycles. The van der Waals surface area contributed by atoms with Crippen molar-refractivity contribution in [3.05, 3.63) is 27.7 Å².